The van der Waals surface area contributed by atoms with Gasteiger partial charge < -0.3 is 30.0 Å². The first kappa shape index (κ1) is 31.8. The molecule has 3 amide bonds. The van der Waals surface area contributed by atoms with Crippen molar-refractivity contribution < 1.29 is 28.7 Å². The molecular weight excluding hydrogens is 560 g/mol. The van der Waals surface area contributed by atoms with Crippen LogP contribution in [0.3, 0.4) is 0 Å². The summed E-state index contributed by atoms with van der Waals surface area (Å²) >= 11 is 0. The molecule has 1 atom stereocenters. The van der Waals surface area contributed by atoms with Gasteiger partial charge in [0.25, 0.3) is 5.91 Å². The normalized spacial score (nSPS) is 11.4. The third-order valence-electron chi connectivity index (χ3n) is 7.17. The maximum atomic E-state index is 13.4. The zero-order chi connectivity index (χ0) is 31.3. The highest BCUT2D eigenvalue weighted by Gasteiger charge is 2.23. The van der Waals surface area contributed by atoms with Crippen LogP contribution >= 0.6 is 0 Å². The van der Waals surface area contributed by atoms with Gasteiger partial charge in [0.05, 0.1) is 13.0 Å². The van der Waals surface area contributed by atoms with E-state index in [0.29, 0.717) is 12.1 Å². The van der Waals surface area contributed by atoms with Crippen LogP contribution in [0.2, 0.25) is 0 Å². The summed E-state index contributed by atoms with van der Waals surface area (Å²) in [5.41, 5.74) is 3.72. The number of benzene rings is 3. The molecule has 0 saturated carbocycles. The predicted molar refractivity (Wildman–Crippen MR) is 167 cm³/mol. The number of carbonyl (C=O) groups excluding carboxylic acids is 4. The first-order chi connectivity index (χ1) is 21.4. The smallest absolute Gasteiger partial charge is 0.407 e. The second-order valence-corrected chi connectivity index (χ2v) is 10.3. The molecule has 0 saturated heterocycles. The molecule has 4 aromatic rings. The van der Waals surface area contributed by atoms with Gasteiger partial charge in [-0.1, -0.05) is 72.8 Å². The van der Waals surface area contributed by atoms with E-state index in [2.05, 4.69) is 16.0 Å². The SMILES string of the molecule is CCOC(=O)Cc1ccccc1CNC(=O)[C@H](CCCNC(=O)OCc1ccccc1)NC(=O)c1cc2ccccc2n1C. The van der Waals surface area contributed by atoms with Crippen molar-refractivity contribution in [2.45, 2.75) is 45.4 Å². The number of nitrogens with zero attached hydrogens (tertiary/aromatic N) is 1. The second-order valence-electron chi connectivity index (χ2n) is 10.3. The highest BCUT2D eigenvalue weighted by atomic mass is 16.5. The Labute approximate surface area is 256 Å². The maximum Gasteiger partial charge on any atom is 0.407 e. The largest absolute Gasteiger partial charge is 0.466 e. The highest BCUT2D eigenvalue weighted by molar-refractivity contribution is 6.00. The molecule has 10 heteroatoms. The molecule has 0 aliphatic heterocycles. The van der Waals surface area contributed by atoms with E-state index in [1.165, 1.54) is 0 Å². The summed E-state index contributed by atoms with van der Waals surface area (Å²) in [6.45, 7) is 2.61. The lowest BCUT2D eigenvalue weighted by atomic mass is 10.0. The average Bonchev–Trinajstić information content (AvgIpc) is 3.37. The number of nitrogens with one attached hydrogen (secondary N) is 3. The number of hydrogen-bond donors (Lipinski definition) is 3. The summed E-state index contributed by atoms with van der Waals surface area (Å²) in [4.78, 5) is 51.0. The van der Waals surface area contributed by atoms with Gasteiger partial charge in [-0.3, -0.25) is 14.4 Å². The topological polar surface area (TPSA) is 128 Å². The number of hydrogen-bond acceptors (Lipinski definition) is 6. The Balaban J connectivity index is 1.39. The molecule has 0 aliphatic rings. The van der Waals surface area contributed by atoms with Crippen molar-refractivity contribution in [2.75, 3.05) is 13.2 Å². The molecule has 3 N–H and O–H groups in total. The Morgan fingerprint density at radius 1 is 0.841 bits per heavy atom. The summed E-state index contributed by atoms with van der Waals surface area (Å²) in [5, 5.41) is 9.40. The fourth-order valence-electron chi connectivity index (χ4n) is 4.85. The van der Waals surface area contributed by atoms with Crippen LogP contribution in [0.4, 0.5) is 4.79 Å². The van der Waals surface area contributed by atoms with Crippen LogP contribution in [0.25, 0.3) is 10.9 Å². The van der Waals surface area contributed by atoms with Gasteiger partial charge in [0.2, 0.25) is 5.91 Å². The zero-order valence-electron chi connectivity index (χ0n) is 25.0. The van der Waals surface area contributed by atoms with Gasteiger partial charge >= 0.3 is 12.1 Å². The van der Waals surface area contributed by atoms with Crippen LogP contribution in [0.1, 0.15) is 46.9 Å². The first-order valence-corrected chi connectivity index (χ1v) is 14.7. The van der Waals surface area contributed by atoms with Crippen molar-refractivity contribution in [2.24, 2.45) is 7.05 Å². The first-order valence-electron chi connectivity index (χ1n) is 14.7. The standard InChI is InChI=1S/C34H38N4O6/c1-3-43-31(39)21-25-14-7-8-16-27(25)22-36-32(40)28(17-11-19-35-34(42)44-23-24-12-5-4-6-13-24)37-33(41)30-20-26-15-9-10-18-29(26)38(30)2/h4-10,12-16,18,20,28H,3,11,17,19,21-23H2,1-2H3,(H,35,42)(H,36,40)(H,37,41)/t28-/m0/s1. The predicted octanol–water partition coefficient (Wildman–Crippen LogP) is 4.41. The van der Waals surface area contributed by atoms with Crippen molar-refractivity contribution in [1.82, 2.24) is 20.5 Å². The lowest BCUT2D eigenvalue weighted by Crippen LogP contribution is -2.47. The molecule has 3 aromatic carbocycles. The Bertz CT molecular complexity index is 1580. The fourth-order valence-corrected chi connectivity index (χ4v) is 4.85. The summed E-state index contributed by atoms with van der Waals surface area (Å²) < 4.78 is 12.1. The van der Waals surface area contributed by atoms with Crippen molar-refractivity contribution in [3.8, 4) is 0 Å². The molecule has 0 radical (unpaired) electrons. The molecule has 0 spiro atoms. The van der Waals surface area contributed by atoms with Crippen LogP contribution in [0, 0.1) is 0 Å². The van der Waals surface area contributed by atoms with Crippen LogP contribution in [-0.2, 0) is 45.7 Å². The number of aryl methyl sites for hydroxylation is 1. The summed E-state index contributed by atoms with van der Waals surface area (Å²) in [6, 6.07) is 25.2. The van der Waals surface area contributed by atoms with Crippen molar-refractivity contribution in [1.29, 1.82) is 0 Å². The number of carbonyl (C=O) groups is 4. The quantitative estimate of drug-likeness (QED) is 0.146. The van der Waals surface area contributed by atoms with E-state index in [9.17, 15) is 19.2 Å². The monoisotopic (exact) mass is 598 g/mol. The third-order valence-corrected chi connectivity index (χ3v) is 7.17. The molecule has 0 bridgehead atoms. The van der Waals surface area contributed by atoms with Gasteiger partial charge in [0.15, 0.2) is 0 Å². The number of ether oxygens (including phenoxy) is 2. The lowest BCUT2D eigenvalue weighted by molar-refractivity contribution is -0.142. The van der Waals surface area contributed by atoms with Crippen LogP contribution in [-0.4, -0.2) is 47.6 Å². The lowest BCUT2D eigenvalue weighted by Gasteiger charge is -2.19. The van der Waals surface area contributed by atoms with Gasteiger partial charge in [-0.05, 0) is 48.6 Å². The van der Waals surface area contributed by atoms with Crippen molar-refractivity contribution >= 4 is 34.8 Å². The summed E-state index contributed by atoms with van der Waals surface area (Å²) in [5.74, 6) is -1.11. The minimum atomic E-state index is -0.875. The van der Waals surface area contributed by atoms with E-state index < -0.39 is 12.1 Å². The molecule has 1 aromatic heterocycles. The Kier molecular flexibility index (Phi) is 11.5. The maximum absolute atomic E-state index is 13.4. The molecule has 0 fully saturated rings. The number of amides is 3. The molecule has 10 nitrogen and oxygen atoms in total. The van der Waals surface area contributed by atoms with E-state index in [0.717, 1.165) is 27.6 Å². The molecular formula is C34H38N4O6. The highest BCUT2D eigenvalue weighted by Crippen LogP contribution is 2.18. The number of para-hydroxylation sites is 1. The minimum Gasteiger partial charge on any atom is -0.466 e. The molecule has 44 heavy (non-hydrogen) atoms. The zero-order valence-corrected chi connectivity index (χ0v) is 25.0. The van der Waals surface area contributed by atoms with Gasteiger partial charge in [-0.2, -0.15) is 0 Å². The molecule has 230 valence electrons. The van der Waals surface area contributed by atoms with Crippen molar-refractivity contribution in [3.05, 3.63) is 107 Å². The van der Waals surface area contributed by atoms with E-state index >= 15 is 0 Å². The number of rotatable bonds is 14. The number of esters is 1. The Morgan fingerprint density at radius 3 is 2.30 bits per heavy atom. The summed E-state index contributed by atoms with van der Waals surface area (Å²) in [6.07, 6.45) is 0.207. The molecule has 1 heterocycles. The van der Waals surface area contributed by atoms with E-state index in [1.807, 2.05) is 78.9 Å². The minimum absolute atomic E-state index is 0.0904. The Morgan fingerprint density at radius 2 is 1.55 bits per heavy atom. The fraction of sp³-hybridized carbons (Fsp3) is 0.294. The number of fused-ring (bicyclic) bond motifs is 1. The number of alkyl carbamates (subject to hydrolysis) is 1. The van der Waals surface area contributed by atoms with Crippen LogP contribution in [0.5, 0.6) is 0 Å². The average molecular weight is 599 g/mol. The molecule has 4 rings (SSSR count). The van der Waals surface area contributed by atoms with Gasteiger partial charge in [-0.25, -0.2) is 4.79 Å². The molecule has 0 aliphatic carbocycles. The number of aromatic nitrogens is 1. The van der Waals surface area contributed by atoms with E-state index in [4.69, 9.17) is 9.47 Å². The van der Waals surface area contributed by atoms with Gasteiger partial charge in [0.1, 0.15) is 18.3 Å². The molecule has 0 unspecified atom stereocenters. The third kappa shape index (κ3) is 8.94. The second kappa shape index (κ2) is 15.9. The van der Waals surface area contributed by atoms with E-state index in [1.54, 1.807) is 24.6 Å². The van der Waals surface area contributed by atoms with Crippen molar-refractivity contribution in [3.63, 3.8) is 0 Å². The Hall–Kier alpha value is -5.12. The van der Waals surface area contributed by atoms with Gasteiger partial charge in [-0.15, -0.1) is 0 Å². The van der Waals surface area contributed by atoms with E-state index in [-0.39, 0.29) is 56.9 Å². The summed E-state index contributed by atoms with van der Waals surface area (Å²) in [7, 11) is 1.80. The van der Waals surface area contributed by atoms with Crippen LogP contribution in [0.15, 0.2) is 84.9 Å². The van der Waals surface area contributed by atoms with Gasteiger partial charge in [0, 0.05) is 31.0 Å². The van der Waals surface area contributed by atoms with Crippen LogP contribution < -0.4 is 16.0 Å².